The summed E-state index contributed by atoms with van der Waals surface area (Å²) < 4.78 is 33.6. The van der Waals surface area contributed by atoms with Gasteiger partial charge in [0.2, 0.25) is 0 Å². The number of benzene rings is 1. The van der Waals surface area contributed by atoms with Gasteiger partial charge in [-0.05, 0) is 30.5 Å². The fraction of sp³-hybridized carbons (Fsp3) is 0.625. The van der Waals surface area contributed by atoms with Crippen LogP contribution in [0, 0.1) is 0 Å². The van der Waals surface area contributed by atoms with Crippen molar-refractivity contribution in [1.29, 1.82) is 0 Å². The molecule has 0 amide bonds. The highest BCUT2D eigenvalue weighted by atomic mass is 32.2. The Kier molecular flexibility index (Phi) is 5.66. The van der Waals surface area contributed by atoms with Crippen LogP contribution in [-0.4, -0.2) is 63.6 Å². The van der Waals surface area contributed by atoms with Gasteiger partial charge >= 0.3 is 0 Å². The molecule has 3 rings (SSSR count). The van der Waals surface area contributed by atoms with Crippen LogP contribution in [0.4, 0.5) is 0 Å². The molecule has 23 heavy (non-hydrogen) atoms. The standard InChI is InChI=1S/C16H25N3O3S/c20-23(21,19-10-12-22-13-11-19)17-7-3-8-18-9-6-15-4-1-2-5-16(15)14-18/h1-2,4-5,17H,3,6-14H2. The monoisotopic (exact) mass is 339 g/mol. The summed E-state index contributed by atoms with van der Waals surface area (Å²) in [5, 5.41) is 0. The molecule has 0 unspecified atom stereocenters. The highest BCUT2D eigenvalue weighted by Gasteiger charge is 2.23. The second-order valence-electron chi connectivity index (χ2n) is 6.06. The molecule has 6 nitrogen and oxygen atoms in total. The summed E-state index contributed by atoms with van der Waals surface area (Å²) in [6.07, 6.45) is 1.90. The van der Waals surface area contributed by atoms with Gasteiger partial charge < -0.3 is 4.74 Å². The van der Waals surface area contributed by atoms with Gasteiger partial charge in [0.15, 0.2) is 0 Å². The molecular formula is C16H25N3O3S. The lowest BCUT2D eigenvalue weighted by atomic mass is 10.00. The molecule has 0 aliphatic carbocycles. The normalized spacial score (nSPS) is 20.3. The largest absolute Gasteiger partial charge is 0.379 e. The average Bonchev–Trinajstić information content (AvgIpc) is 2.59. The molecule has 0 bridgehead atoms. The zero-order valence-corrected chi connectivity index (χ0v) is 14.2. The second kappa shape index (κ2) is 7.72. The Morgan fingerprint density at radius 2 is 1.83 bits per heavy atom. The third-order valence-electron chi connectivity index (χ3n) is 4.46. The van der Waals surface area contributed by atoms with Gasteiger partial charge in [-0.2, -0.15) is 12.7 Å². The smallest absolute Gasteiger partial charge is 0.279 e. The molecule has 1 N–H and O–H groups in total. The summed E-state index contributed by atoms with van der Waals surface area (Å²) in [6, 6.07) is 8.56. The van der Waals surface area contributed by atoms with Crippen LogP contribution in [0.15, 0.2) is 24.3 Å². The molecule has 1 saturated heterocycles. The molecule has 2 aliphatic heterocycles. The molecular weight excluding hydrogens is 314 g/mol. The van der Waals surface area contributed by atoms with Crippen LogP contribution >= 0.6 is 0 Å². The first kappa shape index (κ1) is 16.9. The summed E-state index contributed by atoms with van der Waals surface area (Å²) in [5.74, 6) is 0. The predicted molar refractivity (Wildman–Crippen MR) is 89.4 cm³/mol. The maximum atomic E-state index is 12.1. The third-order valence-corrected chi connectivity index (χ3v) is 6.07. The zero-order valence-electron chi connectivity index (χ0n) is 13.4. The van der Waals surface area contributed by atoms with Crippen molar-refractivity contribution < 1.29 is 13.2 Å². The number of rotatable bonds is 6. The fourth-order valence-corrected chi connectivity index (χ4v) is 4.34. The van der Waals surface area contributed by atoms with Gasteiger partial charge in [0.1, 0.15) is 0 Å². The van der Waals surface area contributed by atoms with Gasteiger partial charge in [-0.15, -0.1) is 0 Å². The summed E-state index contributed by atoms with van der Waals surface area (Å²) in [7, 11) is -3.35. The lowest BCUT2D eigenvalue weighted by molar-refractivity contribution is 0.0725. The van der Waals surface area contributed by atoms with Crippen molar-refractivity contribution in [2.45, 2.75) is 19.4 Å². The second-order valence-corrected chi connectivity index (χ2v) is 7.81. The number of ether oxygens (including phenoxy) is 1. The minimum Gasteiger partial charge on any atom is -0.379 e. The highest BCUT2D eigenvalue weighted by Crippen LogP contribution is 2.18. The van der Waals surface area contributed by atoms with Gasteiger partial charge in [0.05, 0.1) is 13.2 Å². The van der Waals surface area contributed by atoms with E-state index in [4.69, 9.17) is 4.74 Å². The van der Waals surface area contributed by atoms with Crippen LogP contribution in [0.25, 0.3) is 0 Å². The van der Waals surface area contributed by atoms with Crippen molar-refractivity contribution in [2.24, 2.45) is 0 Å². The van der Waals surface area contributed by atoms with Gasteiger partial charge in [-0.1, -0.05) is 24.3 Å². The molecule has 0 atom stereocenters. The Bertz CT molecular complexity index is 615. The van der Waals surface area contributed by atoms with E-state index < -0.39 is 10.2 Å². The van der Waals surface area contributed by atoms with Crippen molar-refractivity contribution in [2.75, 3.05) is 45.9 Å². The topological polar surface area (TPSA) is 61.9 Å². The molecule has 1 aromatic carbocycles. The van der Waals surface area contributed by atoms with E-state index in [1.54, 1.807) is 0 Å². The van der Waals surface area contributed by atoms with E-state index >= 15 is 0 Å². The molecule has 2 aliphatic rings. The van der Waals surface area contributed by atoms with E-state index in [0.29, 0.717) is 32.8 Å². The summed E-state index contributed by atoms with van der Waals surface area (Å²) >= 11 is 0. The maximum absolute atomic E-state index is 12.1. The maximum Gasteiger partial charge on any atom is 0.279 e. The first-order chi connectivity index (χ1) is 11.1. The Balaban J connectivity index is 1.40. The van der Waals surface area contributed by atoms with Gasteiger partial charge in [-0.3, -0.25) is 4.90 Å². The Morgan fingerprint density at radius 3 is 2.61 bits per heavy atom. The van der Waals surface area contributed by atoms with E-state index in [1.807, 2.05) is 0 Å². The quantitative estimate of drug-likeness (QED) is 0.771. The molecule has 0 saturated carbocycles. The summed E-state index contributed by atoms with van der Waals surface area (Å²) in [6.45, 7) is 5.26. The summed E-state index contributed by atoms with van der Waals surface area (Å²) in [4.78, 5) is 2.39. The van der Waals surface area contributed by atoms with Crippen LogP contribution in [-0.2, 0) is 27.9 Å². The molecule has 0 spiro atoms. The van der Waals surface area contributed by atoms with Crippen LogP contribution in [0.5, 0.6) is 0 Å². The molecule has 1 fully saturated rings. The number of hydrogen-bond acceptors (Lipinski definition) is 4. The van der Waals surface area contributed by atoms with Crippen molar-refractivity contribution >= 4 is 10.2 Å². The van der Waals surface area contributed by atoms with Crippen LogP contribution < -0.4 is 4.72 Å². The van der Waals surface area contributed by atoms with Crippen molar-refractivity contribution in [3.8, 4) is 0 Å². The zero-order chi connectivity index (χ0) is 16.1. The third kappa shape index (κ3) is 4.51. The minimum atomic E-state index is -3.35. The van der Waals surface area contributed by atoms with E-state index in [-0.39, 0.29) is 0 Å². The van der Waals surface area contributed by atoms with E-state index in [2.05, 4.69) is 33.9 Å². The van der Waals surface area contributed by atoms with Crippen molar-refractivity contribution in [1.82, 2.24) is 13.9 Å². The number of nitrogens with zero attached hydrogens (tertiary/aromatic N) is 2. The van der Waals surface area contributed by atoms with E-state index in [9.17, 15) is 8.42 Å². The first-order valence-electron chi connectivity index (χ1n) is 8.27. The summed E-state index contributed by atoms with van der Waals surface area (Å²) in [5.41, 5.74) is 2.84. The molecule has 7 heteroatoms. The SMILES string of the molecule is O=S(=O)(NCCCN1CCc2ccccc2C1)N1CCOCC1. The first-order valence-corrected chi connectivity index (χ1v) is 9.71. The lowest BCUT2D eigenvalue weighted by Gasteiger charge is -2.29. The van der Waals surface area contributed by atoms with Crippen molar-refractivity contribution in [3.63, 3.8) is 0 Å². The van der Waals surface area contributed by atoms with E-state index in [1.165, 1.54) is 15.4 Å². The molecule has 0 radical (unpaired) electrons. The number of hydrogen-bond donors (Lipinski definition) is 1. The van der Waals surface area contributed by atoms with Gasteiger partial charge in [0.25, 0.3) is 10.2 Å². The fourth-order valence-electron chi connectivity index (χ4n) is 3.13. The Labute approximate surface area is 138 Å². The van der Waals surface area contributed by atoms with Crippen molar-refractivity contribution in [3.05, 3.63) is 35.4 Å². The molecule has 2 heterocycles. The highest BCUT2D eigenvalue weighted by molar-refractivity contribution is 7.87. The number of fused-ring (bicyclic) bond motifs is 1. The van der Waals surface area contributed by atoms with Gasteiger partial charge in [0, 0.05) is 32.7 Å². The van der Waals surface area contributed by atoms with Crippen LogP contribution in [0.3, 0.4) is 0 Å². The molecule has 0 aromatic heterocycles. The molecule has 128 valence electrons. The predicted octanol–water partition coefficient (Wildman–Crippen LogP) is 0.601. The van der Waals surface area contributed by atoms with E-state index in [0.717, 1.165) is 32.5 Å². The number of morpholine rings is 1. The van der Waals surface area contributed by atoms with Gasteiger partial charge in [-0.25, -0.2) is 4.72 Å². The molecule has 1 aromatic rings. The van der Waals surface area contributed by atoms with Crippen LogP contribution in [0.2, 0.25) is 0 Å². The average molecular weight is 339 g/mol. The lowest BCUT2D eigenvalue weighted by Crippen LogP contribution is -2.47. The number of nitrogens with one attached hydrogen (secondary N) is 1. The van der Waals surface area contributed by atoms with Crippen LogP contribution in [0.1, 0.15) is 17.5 Å². The Morgan fingerprint density at radius 1 is 1.09 bits per heavy atom. The minimum absolute atomic E-state index is 0.443. The Hall–Kier alpha value is -0.990.